The molecule has 0 spiro atoms. The van der Waals surface area contributed by atoms with E-state index in [0.717, 1.165) is 70.0 Å². The van der Waals surface area contributed by atoms with E-state index < -0.39 is 5.91 Å². The third kappa shape index (κ3) is 13.4. The molecule has 0 saturated heterocycles. The monoisotopic (exact) mass is 556 g/mol. The van der Waals surface area contributed by atoms with Gasteiger partial charge in [0, 0.05) is 50.9 Å². The SMILES string of the molecule is CCCC(CCN(CCC)C(=O)CCC(N)=O)COc1cc(F)cc(CCCCNCc2cncc(CC)c2)c1. The van der Waals surface area contributed by atoms with Gasteiger partial charge in [0.25, 0.3) is 0 Å². The van der Waals surface area contributed by atoms with Gasteiger partial charge in [-0.1, -0.05) is 33.3 Å². The lowest BCUT2D eigenvalue weighted by Crippen LogP contribution is -2.34. The molecule has 222 valence electrons. The standard InChI is InChI=1S/C32H49FN4O3/c1-4-9-26(13-16-37(15-5-2)32(39)12-11-31(34)38)24-40-30-19-27(18-29(33)20-30)10-7-8-14-35-22-28-17-25(6-3)21-36-23-28/h17-21,23,26,35H,4-16,22,24H2,1-3H3,(H2,34,38). The highest BCUT2D eigenvalue weighted by molar-refractivity contribution is 5.82. The number of unbranched alkanes of at least 4 members (excludes halogenated alkanes) is 1. The number of primary amides is 1. The second kappa shape index (κ2) is 19.1. The average Bonchev–Trinajstić information content (AvgIpc) is 2.94. The Hall–Kier alpha value is -3.00. The lowest BCUT2D eigenvalue weighted by atomic mass is 10.00. The van der Waals surface area contributed by atoms with Gasteiger partial charge < -0.3 is 20.7 Å². The molecule has 2 aromatic rings. The van der Waals surface area contributed by atoms with Crippen LogP contribution in [-0.2, 0) is 29.0 Å². The number of nitrogens with zero attached hydrogens (tertiary/aromatic N) is 2. The van der Waals surface area contributed by atoms with Crippen molar-refractivity contribution >= 4 is 11.8 Å². The second-order valence-corrected chi connectivity index (χ2v) is 10.6. The fourth-order valence-electron chi connectivity index (χ4n) is 4.78. The van der Waals surface area contributed by atoms with E-state index in [1.54, 1.807) is 6.07 Å². The van der Waals surface area contributed by atoms with Gasteiger partial charge in [0.1, 0.15) is 11.6 Å². The maximum absolute atomic E-state index is 14.4. The Kier molecular flexibility index (Phi) is 15.9. The van der Waals surface area contributed by atoms with Crippen molar-refractivity contribution in [3.63, 3.8) is 0 Å². The minimum absolute atomic E-state index is 0.0375. The third-order valence-corrected chi connectivity index (χ3v) is 7.01. The smallest absolute Gasteiger partial charge is 0.223 e. The van der Waals surface area contributed by atoms with E-state index in [1.807, 2.05) is 30.3 Å². The molecular weight excluding hydrogens is 507 g/mol. The Morgan fingerprint density at radius 3 is 2.50 bits per heavy atom. The summed E-state index contributed by atoms with van der Waals surface area (Å²) in [6.07, 6.45) is 11.4. The molecule has 2 amide bonds. The number of nitrogens with one attached hydrogen (secondary N) is 1. The van der Waals surface area contributed by atoms with Crippen LogP contribution < -0.4 is 15.8 Å². The average molecular weight is 557 g/mol. The van der Waals surface area contributed by atoms with Crippen LogP contribution in [0, 0.1) is 11.7 Å². The lowest BCUT2D eigenvalue weighted by molar-refractivity contribution is -0.133. The number of aromatic nitrogens is 1. The molecule has 0 aliphatic rings. The number of benzene rings is 1. The summed E-state index contributed by atoms with van der Waals surface area (Å²) in [5.74, 6) is 0.0268. The first-order chi connectivity index (χ1) is 19.3. The Labute approximate surface area is 240 Å². The Bertz CT molecular complexity index is 1030. The number of rotatable bonds is 21. The molecule has 2 rings (SSSR count). The number of halogens is 1. The quantitative estimate of drug-likeness (QED) is 0.196. The van der Waals surface area contributed by atoms with Crippen molar-refractivity contribution in [2.45, 2.75) is 91.5 Å². The van der Waals surface area contributed by atoms with Crippen LogP contribution in [0.2, 0.25) is 0 Å². The summed E-state index contributed by atoms with van der Waals surface area (Å²) >= 11 is 0. The van der Waals surface area contributed by atoms with Crippen molar-refractivity contribution in [2.75, 3.05) is 26.2 Å². The summed E-state index contributed by atoms with van der Waals surface area (Å²) in [6.45, 7) is 9.73. The van der Waals surface area contributed by atoms with Crippen LogP contribution in [-0.4, -0.2) is 47.9 Å². The van der Waals surface area contributed by atoms with E-state index in [4.69, 9.17) is 10.5 Å². The number of hydrogen-bond donors (Lipinski definition) is 2. The van der Waals surface area contributed by atoms with E-state index in [1.165, 1.54) is 17.2 Å². The number of amides is 2. The molecule has 1 aromatic carbocycles. The molecule has 0 aliphatic carbocycles. The highest BCUT2D eigenvalue weighted by Gasteiger charge is 2.17. The molecule has 1 atom stereocenters. The van der Waals surface area contributed by atoms with E-state index in [9.17, 15) is 14.0 Å². The van der Waals surface area contributed by atoms with Gasteiger partial charge in [-0.2, -0.15) is 0 Å². The first-order valence-electron chi connectivity index (χ1n) is 15.0. The molecule has 3 N–H and O–H groups in total. The molecule has 0 saturated carbocycles. The van der Waals surface area contributed by atoms with Gasteiger partial charge in [0.15, 0.2) is 0 Å². The van der Waals surface area contributed by atoms with E-state index in [0.29, 0.717) is 25.4 Å². The normalized spacial score (nSPS) is 11.8. The minimum atomic E-state index is -0.459. The highest BCUT2D eigenvalue weighted by Crippen LogP contribution is 2.21. The van der Waals surface area contributed by atoms with Gasteiger partial charge in [0.05, 0.1) is 6.61 Å². The van der Waals surface area contributed by atoms with Gasteiger partial charge in [-0.15, -0.1) is 0 Å². The number of ether oxygens (including phenoxy) is 1. The van der Waals surface area contributed by atoms with Gasteiger partial charge in [-0.25, -0.2) is 4.39 Å². The number of hydrogen-bond acceptors (Lipinski definition) is 5. The largest absolute Gasteiger partial charge is 0.493 e. The topological polar surface area (TPSA) is 97.5 Å². The summed E-state index contributed by atoms with van der Waals surface area (Å²) < 4.78 is 20.4. The number of carbonyl (C=O) groups excluding carboxylic acids is 2. The summed E-state index contributed by atoms with van der Waals surface area (Å²) in [7, 11) is 0. The van der Waals surface area contributed by atoms with Crippen molar-refractivity contribution in [3.8, 4) is 5.75 Å². The van der Waals surface area contributed by atoms with Crippen LogP contribution in [0.4, 0.5) is 4.39 Å². The molecule has 0 radical (unpaired) electrons. The first kappa shape index (κ1) is 33.2. The van der Waals surface area contributed by atoms with Crippen LogP contribution in [0.15, 0.2) is 36.7 Å². The molecule has 1 heterocycles. The second-order valence-electron chi connectivity index (χ2n) is 10.6. The van der Waals surface area contributed by atoms with Gasteiger partial charge in [0.2, 0.25) is 11.8 Å². The minimum Gasteiger partial charge on any atom is -0.493 e. The summed E-state index contributed by atoms with van der Waals surface area (Å²) in [4.78, 5) is 29.7. The Morgan fingerprint density at radius 1 is 0.975 bits per heavy atom. The van der Waals surface area contributed by atoms with E-state index in [-0.39, 0.29) is 30.5 Å². The maximum atomic E-state index is 14.4. The molecule has 0 aliphatic heterocycles. The zero-order valence-electron chi connectivity index (χ0n) is 24.7. The molecule has 40 heavy (non-hydrogen) atoms. The first-order valence-corrected chi connectivity index (χ1v) is 15.0. The fraction of sp³-hybridized carbons (Fsp3) is 0.594. The van der Waals surface area contributed by atoms with Crippen LogP contribution in [0.5, 0.6) is 5.75 Å². The summed E-state index contributed by atoms with van der Waals surface area (Å²) in [6, 6.07) is 7.17. The molecule has 0 fully saturated rings. The maximum Gasteiger partial charge on any atom is 0.223 e. The predicted molar refractivity (Wildman–Crippen MR) is 158 cm³/mol. The predicted octanol–water partition coefficient (Wildman–Crippen LogP) is 5.58. The van der Waals surface area contributed by atoms with Gasteiger partial charge in [-0.3, -0.25) is 14.6 Å². The lowest BCUT2D eigenvalue weighted by Gasteiger charge is -2.25. The van der Waals surface area contributed by atoms with Gasteiger partial charge >= 0.3 is 0 Å². The number of nitrogens with two attached hydrogens (primary N) is 1. The van der Waals surface area contributed by atoms with Crippen LogP contribution in [0.25, 0.3) is 0 Å². The Morgan fingerprint density at radius 2 is 1.77 bits per heavy atom. The molecule has 8 heteroatoms. The number of carbonyl (C=O) groups is 2. The zero-order chi connectivity index (χ0) is 29.2. The van der Waals surface area contributed by atoms with Crippen molar-refractivity contribution < 1.29 is 18.7 Å². The van der Waals surface area contributed by atoms with Crippen molar-refractivity contribution in [2.24, 2.45) is 11.7 Å². The zero-order valence-corrected chi connectivity index (χ0v) is 24.7. The summed E-state index contributed by atoms with van der Waals surface area (Å²) in [5.41, 5.74) is 8.59. The Balaban J connectivity index is 1.79. The fourth-order valence-corrected chi connectivity index (χ4v) is 4.78. The van der Waals surface area contributed by atoms with Crippen LogP contribution >= 0.6 is 0 Å². The summed E-state index contributed by atoms with van der Waals surface area (Å²) in [5, 5.41) is 3.47. The molecule has 1 aromatic heterocycles. The van der Waals surface area contributed by atoms with Crippen LogP contribution in [0.1, 0.15) is 88.8 Å². The third-order valence-electron chi connectivity index (χ3n) is 7.01. The number of aryl methyl sites for hydroxylation is 2. The van der Waals surface area contributed by atoms with Crippen molar-refractivity contribution in [3.05, 3.63) is 59.2 Å². The molecular formula is C32H49FN4O3. The molecule has 7 nitrogen and oxygen atoms in total. The van der Waals surface area contributed by atoms with Gasteiger partial charge in [-0.05, 0) is 86.2 Å². The van der Waals surface area contributed by atoms with Crippen molar-refractivity contribution in [1.29, 1.82) is 0 Å². The number of pyridine rings is 1. The van der Waals surface area contributed by atoms with E-state index >= 15 is 0 Å². The van der Waals surface area contributed by atoms with Crippen molar-refractivity contribution in [1.82, 2.24) is 15.2 Å². The highest BCUT2D eigenvalue weighted by atomic mass is 19.1. The molecule has 0 bridgehead atoms. The van der Waals surface area contributed by atoms with Crippen LogP contribution in [0.3, 0.4) is 0 Å². The van der Waals surface area contributed by atoms with E-state index in [2.05, 4.69) is 30.2 Å². The molecule has 1 unspecified atom stereocenters.